The molecule has 4 aromatic rings. The second-order valence-corrected chi connectivity index (χ2v) is 7.28. The number of fused-ring (bicyclic) bond motifs is 1. The molecule has 1 aromatic carbocycles. The van der Waals surface area contributed by atoms with Crippen molar-refractivity contribution in [2.75, 3.05) is 5.32 Å². The normalized spacial score (nSPS) is 13.9. The average Bonchev–Trinajstić information content (AvgIpc) is 3.42. The zero-order chi connectivity index (χ0) is 19.5. The van der Waals surface area contributed by atoms with E-state index in [4.69, 9.17) is 4.98 Å². The fourth-order valence-electron chi connectivity index (χ4n) is 3.79. The summed E-state index contributed by atoms with van der Waals surface area (Å²) in [4.78, 5) is 13.3. The predicted octanol–water partition coefficient (Wildman–Crippen LogP) is 4.55. The fraction of sp³-hybridized carbons (Fsp3) is 0.208. The van der Waals surface area contributed by atoms with Crippen molar-refractivity contribution in [2.24, 2.45) is 0 Å². The van der Waals surface area contributed by atoms with Gasteiger partial charge in [0.25, 0.3) is 0 Å². The van der Waals surface area contributed by atoms with Gasteiger partial charge in [0.15, 0.2) is 5.65 Å². The highest BCUT2D eigenvalue weighted by Crippen LogP contribution is 2.31. The highest BCUT2D eigenvalue weighted by Gasteiger charge is 2.20. The first-order chi connectivity index (χ1) is 14.4. The Kier molecular flexibility index (Phi) is 4.67. The molecule has 1 fully saturated rings. The molecule has 142 valence electrons. The Labute approximate surface area is 169 Å². The van der Waals surface area contributed by atoms with Gasteiger partial charge in [-0.1, -0.05) is 37.0 Å². The summed E-state index contributed by atoms with van der Waals surface area (Å²) in [5.74, 6) is 7.32. The topological polar surface area (TPSA) is 55.1 Å². The van der Waals surface area contributed by atoms with Crippen molar-refractivity contribution in [1.82, 2.24) is 19.4 Å². The number of nitrogens with one attached hydrogen (secondary N) is 1. The predicted molar refractivity (Wildman–Crippen MR) is 115 cm³/mol. The molecule has 0 bridgehead atoms. The van der Waals surface area contributed by atoms with E-state index in [1.54, 1.807) is 18.6 Å². The van der Waals surface area contributed by atoms with Gasteiger partial charge < -0.3 is 5.32 Å². The Hall–Kier alpha value is -3.65. The van der Waals surface area contributed by atoms with Crippen molar-refractivity contribution in [1.29, 1.82) is 0 Å². The van der Waals surface area contributed by atoms with E-state index in [0.717, 1.165) is 34.0 Å². The number of pyridine rings is 1. The first kappa shape index (κ1) is 17.4. The van der Waals surface area contributed by atoms with Gasteiger partial charge in [-0.25, -0.2) is 9.97 Å². The van der Waals surface area contributed by atoms with Crippen LogP contribution in [0, 0.1) is 11.8 Å². The van der Waals surface area contributed by atoms with E-state index in [-0.39, 0.29) is 0 Å². The maximum absolute atomic E-state index is 4.84. The zero-order valence-electron chi connectivity index (χ0n) is 16.0. The number of benzene rings is 1. The summed E-state index contributed by atoms with van der Waals surface area (Å²) in [6.45, 7) is 0. The summed E-state index contributed by atoms with van der Waals surface area (Å²) in [7, 11) is 0. The van der Waals surface area contributed by atoms with Gasteiger partial charge in [0.2, 0.25) is 0 Å². The number of rotatable bonds is 3. The van der Waals surface area contributed by atoms with Gasteiger partial charge in [0.05, 0.1) is 6.20 Å². The smallest absolute Gasteiger partial charge is 0.157 e. The van der Waals surface area contributed by atoms with Crippen LogP contribution in [0.3, 0.4) is 0 Å². The Morgan fingerprint density at radius 2 is 1.83 bits per heavy atom. The van der Waals surface area contributed by atoms with E-state index in [1.165, 1.54) is 25.7 Å². The minimum Gasteiger partial charge on any atom is -0.367 e. The molecule has 1 saturated carbocycles. The molecular weight excluding hydrogens is 358 g/mol. The van der Waals surface area contributed by atoms with Crippen LogP contribution < -0.4 is 5.32 Å². The molecule has 5 nitrogen and oxygen atoms in total. The van der Waals surface area contributed by atoms with Gasteiger partial charge in [0.1, 0.15) is 17.2 Å². The number of hydrogen-bond donors (Lipinski definition) is 1. The monoisotopic (exact) mass is 379 g/mol. The number of nitrogens with zero attached hydrogens (tertiary/aromatic N) is 4. The van der Waals surface area contributed by atoms with E-state index >= 15 is 0 Å². The highest BCUT2D eigenvalue weighted by atomic mass is 15.2. The van der Waals surface area contributed by atoms with Crippen LogP contribution in [-0.4, -0.2) is 25.4 Å². The molecule has 1 N–H and O–H groups in total. The van der Waals surface area contributed by atoms with Crippen LogP contribution in [0.1, 0.15) is 36.9 Å². The maximum Gasteiger partial charge on any atom is 0.157 e. The van der Waals surface area contributed by atoms with Gasteiger partial charge >= 0.3 is 0 Å². The Bertz CT molecular complexity index is 1180. The maximum atomic E-state index is 4.84. The molecule has 1 aliphatic carbocycles. The summed E-state index contributed by atoms with van der Waals surface area (Å²) < 4.78 is 2.09. The zero-order valence-corrected chi connectivity index (χ0v) is 16.0. The van der Waals surface area contributed by atoms with E-state index < -0.39 is 0 Å². The van der Waals surface area contributed by atoms with Crippen molar-refractivity contribution < 1.29 is 0 Å². The van der Waals surface area contributed by atoms with Gasteiger partial charge in [-0.05, 0) is 43.0 Å². The molecule has 0 spiro atoms. The number of imidazole rings is 1. The van der Waals surface area contributed by atoms with Gasteiger partial charge in [-0.3, -0.25) is 9.38 Å². The Balaban J connectivity index is 1.48. The summed E-state index contributed by atoms with van der Waals surface area (Å²) in [6, 6.07) is 14.5. The second kappa shape index (κ2) is 7.76. The molecule has 3 heterocycles. The summed E-state index contributed by atoms with van der Waals surface area (Å²) in [5, 5.41) is 3.73. The third kappa shape index (κ3) is 3.70. The van der Waals surface area contributed by atoms with Crippen molar-refractivity contribution in [3.8, 4) is 23.1 Å². The molecule has 5 rings (SSSR count). The number of anilines is 1. The van der Waals surface area contributed by atoms with Crippen LogP contribution in [0.25, 0.3) is 16.9 Å². The standard InChI is InChI=1S/C24H21N5/c1-2-7-21(6-1)27-24-23(28-22-17-25-15-16-29(22)24)19-11-8-18(9-12-19)10-13-20-5-3-4-14-26-20/h3-5,8-9,11-12,14-17,21,27H,1-2,6-7H2. The highest BCUT2D eigenvalue weighted by molar-refractivity contribution is 5.76. The van der Waals surface area contributed by atoms with E-state index in [2.05, 4.69) is 43.7 Å². The fourth-order valence-corrected chi connectivity index (χ4v) is 3.79. The van der Waals surface area contributed by atoms with Crippen LogP contribution in [0.4, 0.5) is 5.82 Å². The van der Waals surface area contributed by atoms with Gasteiger partial charge in [-0.2, -0.15) is 0 Å². The van der Waals surface area contributed by atoms with Gasteiger partial charge in [-0.15, -0.1) is 0 Å². The molecule has 29 heavy (non-hydrogen) atoms. The first-order valence-electron chi connectivity index (χ1n) is 9.99. The van der Waals surface area contributed by atoms with Crippen LogP contribution in [0.15, 0.2) is 67.3 Å². The van der Waals surface area contributed by atoms with Crippen molar-refractivity contribution in [3.05, 3.63) is 78.5 Å². The lowest BCUT2D eigenvalue weighted by molar-refractivity contribution is 0.749. The van der Waals surface area contributed by atoms with Crippen LogP contribution in [0.5, 0.6) is 0 Å². The molecule has 5 heteroatoms. The molecule has 3 aromatic heterocycles. The van der Waals surface area contributed by atoms with E-state index in [0.29, 0.717) is 6.04 Å². The summed E-state index contributed by atoms with van der Waals surface area (Å²) in [6.07, 6.45) is 12.3. The minimum atomic E-state index is 0.505. The molecule has 0 radical (unpaired) electrons. The largest absolute Gasteiger partial charge is 0.367 e. The molecule has 0 aliphatic heterocycles. The van der Waals surface area contributed by atoms with Gasteiger partial charge in [0, 0.05) is 35.8 Å². The summed E-state index contributed by atoms with van der Waals surface area (Å²) >= 11 is 0. The van der Waals surface area contributed by atoms with Crippen molar-refractivity contribution >= 4 is 11.5 Å². The van der Waals surface area contributed by atoms with Crippen LogP contribution in [0.2, 0.25) is 0 Å². The number of aromatic nitrogens is 4. The third-order valence-corrected chi connectivity index (χ3v) is 5.28. The molecule has 0 unspecified atom stereocenters. The lowest BCUT2D eigenvalue weighted by Gasteiger charge is -2.14. The summed E-state index contributed by atoms with van der Waals surface area (Å²) in [5.41, 5.74) is 4.59. The van der Waals surface area contributed by atoms with Crippen molar-refractivity contribution in [2.45, 2.75) is 31.7 Å². The molecular formula is C24H21N5. The Morgan fingerprint density at radius 3 is 2.62 bits per heavy atom. The van der Waals surface area contributed by atoms with E-state index in [9.17, 15) is 0 Å². The quantitative estimate of drug-likeness (QED) is 0.531. The van der Waals surface area contributed by atoms with Crippen LogP contribution >= 0.6 is 0 Å². The lowest BCUT2D eigenvalue weighted by Crippen LogP contribution is -2.16. The van der Waals surface area contributed by atoms with Crippen molar-refractivity contribution in [3.63, 3.8) is 0 Å². The molecule has 0 saturated heterocycles. The molecule has 0 atom stereocenters. The average molecular weight is 379 g/mol. The minimum absolute atomic E-state index is 0.505. The number of hydrogen-bond acceptors (Lipinski definition) is 4. The molecule has 1 aliphatic rings. The first-order valence-corrected chi connectivity index (χ1v) is 9.99. The SMILES string of the molecule is C(#Cc1ccccn1)c1ccc(-c2nc3cnccn3c2NC2CCCC2)cc1. The Morgan fingerprint density at radius 1 is 0.966 bits per heavy atom. The third-order valence-electron chi connectivity index (χ3n) is 5.28. The molecule has 0 amide bonds. The van der Waals surface area contributed by atoms with Crippen LogP contribution in [-0.2, 0) is 0 Å². The van der Waals surface area contributed by atoms with E-state index in [1.807, 2.05) is 36.5 Å². The lowest BCUT2D eigenvalue weighted by atomic mass is 10.1. The second-order valence-electron chi connectivity index (χ2n) is 7.28.